The lowest BCUT2D eigenvalue weighted by Crippen LogP contribution is -2.47. The summed E-state index contributed by atoms with van der Waals surface area (Å²) in [5.41, 5.74) is 5.48. The first kappa shape index (κ1) is 11.9. The molecule has 3 nitrogen and oxygen atoms in total. The van der Waals surface area contributed by atoms with Crippen molar-refractivity contribution in [1.82, 2.24) is 4.90 Å². The summed E-state index contributed by atoms with van der Waals surface area (Å²) in [6.07, 6.45) is 0. The first-order chi connectivity index (χ1) is 6.52. The van der Waals surface area contributed by atoms with Crippen molar-refractivity contribution in [2.24, 2.45) is 11.7 Å². The third-order valence-electron chi connectivity index (χ3n) is 3.05. The van der Waals surface area contributed by atoms with Gasteiger partial charge in [0.2, 0.25) is 0 Å². The molecule has 3 N–H and O–H groups in total. The predicted octanol–water partition coefficient (Wildman–Crippen LogP) is 1.38. The summed E-state index contributed by atoms with van der Waals surface area (Å²) >= 11 is 2.04. The SMILES string of the molecule is CC(CN1CCSC(C)C1C)C(=N)N. The van der Waals surface area contributed by atoms with E-state index in [2.05, 4.69) is 18.7 Å². The molecule has 14 heavy (non-hydrogen) atoms. The van der Waals surface area contributed by atoms with Crippen LogP contribution in [0.3, 0.4) is 0 Å². The van der Waals surface area contributed by atoms with Crippen LogP contribution in [0.15, 0.2) is 0 Å². The van der Waals surface area contributed by atoms with E-state index >= 15 is 0 Å². The summed E-state index contributed by atoms with van der Waals surface area (Å²) in [5.74, 6) is 1.70. The van der Waals surface area contributed by atoms with E-state index in [0.717, 1.165) is 13.1 Å². The van der Waals surface area contributed by atoms with Gasteiger partial charge < -0.3 is 5.73 Å². The summed E-state index contributed by atoms with van der Waals surface area (Å²) < 4.78 is 0. The fourth-order valence-electron chi connectivity index (χ4n) is 1.70. The van der Waals surface area contributed by atoms with E-state index in [9.17, 15) is 0 Å². The number of nitrogens with two attached hydrogens (primary N) is 1. The van der Waals surface area contributed by atoms with Gasteiger partial charge in [-0.05, 0) is 6.92 Å². The highest BCUT2D eigenvalue weighted by molar-refractivity contribution is 8.00. The number of nitrogens with zero attached hydrogens (tertiary/aromatic N) is 1. The number of nitrogens with one attached hydrogen (secondary N) is 1. The molecule has 0 radical (unpaired) electrons. The maximum atomic E-state index is 7.38. The Labute approximate surface area is 90.9 Å². The maximum Gasteiger partial charge on any atom is 0.0947 e. The van der Waals surface area contributed by atoms with Gasteiger partial charge in [-0.3, -0.25) is 10.3 Å². The molecule has 0 bridgehead atoms. The molecular formula is C10H21N3S. The Bertz CT molecular complexity index is 208. The number of hydrogen-bond donors (Lipinski definition) is 2. The second kappa shape index (κ2) is 5.03. The van der Waals surface area contributed by atoms with Gasteiger partial charge in [0.15, 0.2) is 0 Å². The molecule has 1 aliphatic rings. The van der Waals surface area contributed by atoms with Crippen LogP contribution in [0.2, 0.25) is 0 Å². The van der Waals surface area contributed by atoms with E-state index in [1.165, 1.54) is 5.75 Å². The van der Waals surface area contributed by atoms with Crippen LogP contribution in [0.1, 0.15) is 20.8 Å². The Balaban J connectivity index is 2.46. The van der Waals surface area contributed by atoms with E-state index in [4.69, 9.17) is 11.1 Å². The molecule has 1 rings (SSSR count). The van der Waals surface area contributed by atoms with E-state index in [1.54, 1.807) is 0 Å². The van der Waals surface area contributed by atoms with Gasteiger partial charge >= 0.3 is 0 Å². The highest BCUT2D eigenvalue weighted by atomic mass is 32.2. The first-order valence-electron chi connectivity index (χ1n) is 5.22. The fraction of sp³-hybridized carbons (Fsp3) is 0.900. The molecule has 1 aliphatic heterocycles. The lowest BCUT2D eigenvalue weighted by atomic mass is 10.1. The molecule has 0 aliphatic carbocycles. The Morgan fingerprint density at radius 2 is 2.29 bits per heavy atom. The lowest BCUT2D eigenvalue weighted by Gasteiger charge is -2.38. The van der Waals surface area contributed by atoms with Gasteiger partial charge in [0, 0.05) is 36.1 Å². The van der Waals surface area contributed by atoms with Crippen molar-refractivity contribution in [3.63, 3.8) is 0 Å². The number of hydrogen-bond acceptors (Lipinski definition) is 3. The van der Waals surface area contributed by atoms with Crippen LogP contribution in [0.4, 0.5) is 0 Å². The van der Waals surface area contributed by atoms with Gasteiger partial charge in [-0.15, -0.1) is 0 Å². The second-order valence-electron chi connectivity index (χ2n) is 4.17. The molecule has 0 saturated carbocycles. The van der Waals surface area contributed by atoms with Crippen molar-refractivity contribution >= 4 is 17.6 Å². The zero-order valence-electron chi connectivity index (χ0n) is 9.29. The Morgan fingerprint density at radius 3 is 2.86 bits per heavy atom. The van der Waals surface area contributed by atoms with Crippen LogP contribution >= 0.6 is 11.8 Å². The van der Waals surface area contributed by atoms with Gasteiger partial charge in [-0.1, -0.05) is 13.8 Å². The monoisotopic (exact) mass is 215 g/mol. The van der Waals surface area contributed by atoms with Crippen molar-refractivity contribution in [2.45, 2.75) is 32.1 Å². The summed E-state index contributed by atoms with van der Waals surface area (Å²) in [4.78, 5) is 2.45. The van der Waals surface area contributed by atoms with E-state index < -0.39 is 0 Å². The molecule has 1 heterocycles. The first-order valence-corrected chi connectivity index (χ1v) is 6.26. The average molecular weight is 215 g/mol. The average Bonchev–Trinajstić information content (AvgIpc) is 2.12. The zero-order chi connectivity index (χ0) is 10.7. The zero-order valence-corrected chi connectivity index (χ0v) is 10.1. The van der Waals surface area contributed by atoms with E-state index in [-0.39, 0.29) is 5.92 Å². The molecule has 0 aromatic carbocycles. The summed E-state index contributed by atoms with van der Waals surface area (Å²) in [5, 5.41) is 8.08. The van der Waals surface area contributed by atoms with Crippen LogP contribution in [-0.4, -0.2) is 40.9 Å². The smallest absolute Gasteiger partial charge is 0.0947 e. The Morgan fingerprint density at radius 1 is 1.64 bits per heavy atom. The molecule has 0 amide bonds. The maximum absolute atomic E-state index is 7.38. The van der Waals surface area contributed by atoms with Crippen LogP contribution < -0.4 is 5.73 Å². The second-order valence-corrected chi connectivity index (χ2v) is 5.65. The van der Waals surface area contributed by atoms with E-state index in [1.807, 2.05) is 18.7 Å². The highest BCUT2D eigenvalue weighted by Crippen LogP contribution is 2.24. The molecule has 4 heteroatoms. The molecule has 3 atom stereocenters. The van der Waals surface area contributed by atoms with Crippen LogP contribution in [0.5, 0.6) is 0 Å². The minimum Gasteiger partial charge on any atom is -0.387 e. The van der Waals surface area contributed by atoms with Crippen molar-refractivity contribution in [3.05, 3.63) is 0 Å². The quantitative estimate of drug-likeness (QED) is 0.552. The highest BCUT2D eigenvalue weighted by Gasteiger charge is 2.26. The third-order valence-corrected chi connectivity index (χ3v) is 4.39. The summed E-state index contributed by atoms with van der Waals surface area (Å²) in [7, 11) is 0. The van der Waals surface area contributed by atoms with Crippen molar-refractivity contribution in [1.29, 1.82) is 5.41 Å². The van der Waals surface area contributed by atoms with Crippen LogP contribution in [0.25, 0.3) is 0 Å². The number of thioether (sulfide) groups is 1. The standard InChI is InChI=1S/C10H21N3S/c1-7(10(11)12)6-13-4-5-14-9(3)8(13)2/h7-9H,4-6H2,1-3H3,(H3,11,12). The van der Waals surface area contributed by atoms with Gasteiger partial charge in [0.1, 0.15) is 0 Å². The number of rotatable bonds is 3. The normalized spacial score (nSPS) is 31.4. The minimum atomic E-state index is 0.188. The van der Waals surface area contributed by atoms with Gasteiger partial charge in [-0.25, -0.2) is 0 Å². The molecule has 1 fully saturated rings. The van der Waals surface area contributed by atoms with Gasteiger partial charge in [-0.2, -0.15) is 11.8 Å². The molecule has 3 unspecified atom stereocenters. The summed E-state index contributed by atoms with van der Waals surface area (Å²) in [6.45, 7) is 8.64. The van der Waals surface area contributed by atoms with Crippen LogP contribution in [0, 0.1) is 11.3 Å². The third kappa shape index (κ3) is 2.89. The topological polar surface area (TPSA) is 53.1 Å². The Kier molecular flexibility index (Phi) is 4.26. The minimum absolute atomic E-state index is 0.188. The van der Waals surface area contributed by atoms with Crippen LogP contribution in [-0.2, 0) is 0 Å². The fourth-order valence-corrected chi connectivity index (χ4v) is 2.87. The van der Waals surface area contributed by atoms with E-state index in [0.29, 0.717) is 17.1 Å². The molecule has 82 valence electrons. The molecular weight excluding hydrogens is 194 g/mol. The van der Waals surface area contributed by atoms with Crippen molar-refractivity contribution in [3.8, 4) is 0 Å². The van der Waals surface area contributed by atoms with Gasteiger partial charge in [0.05, 0.1) is 5.84 Å². The largest absolute Gasteiger partial charge is 0.387 e. The predicted molar refractivity (Wildman–Crippen MR) is 64.0 cm³/mol. The van der Waals surface area contributed by atoms with Crippen molar-refractivity contribution in [2.75, 3.05) is 18.8 Å². The van der Waals surface area contributed by atoms with Crippen molar-refractivity contribution < 1.29 is 0 Å². The molecule has 0 aromatic rings. The molecule has 1 saturated heterocycles. The number of amidine groups is 1. The molecule has 0 spiro atoms. The molecule has 0 aromatic heterocycles. The lowest BCUT2D eigenvalue weighted by molar-refractivity contribution is 0.201. The van der Waals surface area contributed by atoms with Gasteiger partial charge in [0.25, 0.3) is 0 Å². The summed E-state index contributed by atoms with van der Waals surface area (Å²) in [6, 6.07) is 0.607. The Hall–Kier alpha value is -0.220.